The molecule has 1 fully saturated rings. The van der Waals surface area contributed by atoms with Crippen LogP contribution in [0.25, 0.3) is 11.4 Å². The fraction of sp³-hybridized carbons (Fsp3) is 0.353. The predicted molar refractivity (Wildman–Crippen MR) is 88.9 cm³/mol. The van der Waals surface area contributed by atoms with Crippen molar-refractivity contribution < 1.29 is 14.7 Å². The van der Waals surface area contributed by atoms with Crippen LogP contribution in [0.3, 0.4) is 0 Å². The molecule has 8 nitrogen and oxygen atoms in total. The molecule has 1 amide bonds. The molecule has 1 aliphatic heterocycles. The van der Waals surface area contributed by atoms with Crippen molar-refractivity contribution >= 4 is 11.9 Å². The number of aliphatic carboxylic acids is 1. The lowest BCUT2D eigenvalue weighted by Crippen LogP contribution is -2.42. The van der Waals surface area contributed by atoms with E-state index in [4.69, 9.17) is 0 Å². The Labute approximate surface area is 143 Å². The molecule has 0 spiro atoms. The summed E-state index contributed by atoms with van der Waals surface area (Å²) in [5, 5.41) is 9.19. The average Bonchev–Trinajstić information content (AvgIpc) is 3.08. The Kier molecular flexibility index (Phi) is 4.60. The van der Waals surface area contributed by atoms with Crippen LogP contribution in [-0.4, -0.2) is 49.4 Å². The molecule has 130 valence electrons. The normalized spacial score (nSPS) is 16.8. The van der Waals surface area contributed by atoms with Gasteiger partial charge in [0.15, 0.2) is 0 Å². The van der Waals surface area contributed by atoms with E-state index in [1.165, 1.54) is 4.90 Å². The van der Waals surface area contributed by atoms with Crippen LogP contribution in [-0.2, 0) is 16.0 Å². The fourth-order valence-electron chi connectivity index (χ4n) is 3.03. The van der Waals surface area contributed by atoms with Gasteiger partial charge in [-0.1, -0.05) is 0 Å². The number of H-pyrrole nitrogens is 1. The number of carboxylic acids is 1. The smallest absolute Gasteiger partial charge is 0.326 e. The van der Waals surface area contributed by atoms with E-state index < -0.39 is 17.6 Å². The summed E-state index contributed by atoms with van der Waals surface area (Å²) in [7, 11) is 0. The number of carboxylic acid groups (broad SMARTS) is 1. The van der Waals surface area contributed by atoms with Gasteiger partial charge in [-0.2, -0.15) is 0 Å². The van der Waals surface area contributed by atoms with Crippen LogP contribution in [0.4, 0.5) is 0 Å². The third-order valence-corrected chi connectivity index (χ3v) is 4.34. The van der Waals surface area contributed by atoms with E-state index in [1.807, 2.05) is 0 Å². The number of nitrogens with one attached hydrogen (secondary N) is 1. The lowest BCUT2D eigenvalue weighted by molar-refractivity contribution is -0.148. The molecule has 1 aliphatic rings. The van der Waals surface area contributed by atoms with Gasteiger partial charge in [-0.05, 0) is 31.9 Å². The Morgan fingerprint density at radius 1 is 1.44 bits per heavy atom. The zero-order valence-corrected chi connectivity index (χ0v) is 13.7. The molecule has 1 saturated heterocycles. The van der Waals surface area contributed by atoms with Crippen molar-refractivity contribution in [2.24, 2.45) is 0 Å². The zero-order valence-electron chi connectivity index (χ0n) is 13.7. The lowest BCUT2D eigenvalue weighted by Gasteiger charge is -2.21. The van der Waals surface area contributed by atoms with Gasteiger partial charge in [-0.25, -0.2) is 9.78 Å². The first kappa shape index (κ1) is 16.8. The van der Waals surface area contributed by atoms with Crippen molar-refractivity contribution in [2.45, 2.75) is 32.2 Å². The number of carbonyl (C=O) groups is 2. The molecule has 8 heteroatoms. The number of aryl methyl sites for hydroxylation is 1. The highest BCUT2D eigenvalue weighted by Crippen LogP contribution is 2.19. The zero-order chi connectivity index (χ0) is 18.0. The number of aromatic amines is 1. The maximum absolute atomic E-state index is 12.5. The van der Waals surface area contributed by atoms with E-state index >= 15 is 0 Å². The minimum Gasteiger partial charge on any atom is -0.480 e. The Morgan fingerprint density at radius 3 is 2.88 bits per heavy atom. The fourth-order valence-corrected chi connectivity index (χ4v) is 3.03. The summed E-state index contributed by atoms with van der Waals surface area (Å²) in [6.07, 6.45) is 4.14. The topological polar surface area (TPSA) is 116 Å². The van der Waals surface area contributed by atoms with Crippen molar-refractivity contribution in [1.82, 2.24) is 19.9 Å². The number of aromatic nitrogens is 3. The lowest BCUT2D eigenvalue weighted by atomic mass is 10.1. The highest BCUT2D eigenvalue weighted by Gasteiger charge is 2.34. The van der Waals surface area contributed by atoms with Crippen molar-refractivity contribution in [3.8, 4) is 11.4 Å². The monoisotopic (exact) mass is 342 g/mol. The van der Waals surface area contributed by atoms with Gasteiger partial charge in [0, 0.05) is 35.8 Å². The van der Waals surface area contributed by atoms with Crippen molar-refractivity contribution in [1.29, 1.82) is 0 Å². The summed E-state index contributed by atoms with van der Waals surface area (Å²) in [6, 6.07) is 2.70. The molecule has 2 N–H and O–H groups in total. The molecule has 1 atom stereocenters. The molecule has 0 bridgehead atoms. The van der Waals surface area contributed by atoms with Gasteiger partial charge in [-0.3, -0.25) is 14.6 Å². The molecule has 2 aromatic heterocycles. The van der Waals surface area contributed by atoms with E-state index in [0.717, 1.165) is 0 Å². The van der Waals surface area contributed by atoms with Crippen molar-refractivity contribution in [3.05, 3.63) is 46.1 Å². The second-order valence-electron chi connectivity index (χ2n) is 5.98. The second-order valence-corrected chi connectivity index (χ2v) is 5.98. The summed E-state index contributed by atoms with van der Waals surface area (Å²) in [6.45, 7) is 2.06. The van der Waals surface area contributed by atoms with Gasteiger partial charge in [-0.15, -0.1) is 0 Å². The van der Waals surface area contributed by atoms with Gasteiger partial charge < -0.3 is 15.0 Å². The minimum absolute atomic E-state index is 0.161. The van der Waals surface area contributed by atoms with E-state index in [-0.39, 0.29) is 17.9 Å². The number of likely N-dealkylation sites (tertiary alicyclic amines) is 1. The number of hydrogen-bond acceptors (Lipinski definition) is 5. The van der Waals surface area contributed by atoms with Gasteiger partial charge in [0.25, 0.3) is 5.56 Å². The largest absolute Gasteiger partial charge is 0.480 e. The summed E-state index contributed by atoms with van der Waals surface area (Å²) >= 11 is 0. The number of rotatable bonds is 4. The molecule has 2 aromatic rings. The van der Waals surface area contributed by atoms with Crippen LogP contribution in [0.5, 0.6) is 0 Å². The maximum Gasteiger partial charge on any atom is 0.326 e. The molecular weight excluding hydrogens is 324 g/mol. The van der Waals surface area contributed by atoms with Crippen LogP contribution in [0.1, 0.15) is 24.1 Å². The predicted octanol–water partition coefficient (Wildman–Crippen LogP) is 0.758. The molecule has 3 rings (SSSR count). The SMILES string of the molecule is Cc1nc(-c2cccnc2)[nH]c(=O)c1CC(=O)N1CCC[C@@H]1C(=O)O. The molecule has 25 heavy (non-hydrogen) atoms. The number of pyridine rings is 1. The first-order valence-corrected chi connectivity index (χ1v) is 8.00. The second kappa shape index (κ2) is 6.84. The van der Waals surface area contributed by atoms with Crippen molar-refractivity contribution in [3.63, 3.8) is 0 Å². The van der Waals surface area contributed by atoms with E-state index in [1.54, 1.807) is 31.5 Å². The van der Waals surface area contributed by atoms with E-state index in [9.17, 15) is 19.5 Å². The van der Waals surface area contributed by atoms with Crippen LogP contribution in [0.15, 0.2) is 29.3 Å². The van der Waals surface area contributed by atoms with Crippen LogP contribution in [0, 0.1) is 6.92 Å². The summed E-state index contributed by atoms with van der Waals surface area (Å²) in [5.41, 5.74) is 0.979. The van der Waals surface area contributed by atoms with Gasteiger partial charge in [0.1, 0.15) is 11.9 Å². The highest BCUT2D eigenvalue weighted by atomic mass is 16.4. The molecule has 0 radical (unpaired) electrons. The van der Waals surface area contributed by atoms with Crippen LogP contribution >= 0.6 is 0 Å². The summed E-state index contributed by atoms with van der Waals surface area (Å²) in [4.78, 5) is 48.4. The number of carbonyl (C=O) groups excluding carboxylic acids is 1. The van der Waals surface area contributed by atoms with Gasteiger partial charge in [0.05, 0.1) is 6.42 Å². The maximum atomic E-state index is 12.5. The molecule has 0 saturated carbocycles. The average molecular weight is 342 g/mol. The summed E-state index contributed by atoms with van der Waals surface area (Å²) in [5.74, 6) is -0.993. The third-order valence-electron chi connectivity index (χ3n) is 4.34. The number of amides is 1. The Hall–Kier alpha value is -3.03. The molecule has 0 unspecified atom stereocenters. The number of nitrogens with zero attached hydrogens (tertiary/aromatic N) is 3. The molecule has 0 aromatic carbocycles. The Morgan fingerprint density at radius 2 is 2.24 bits per heavy atom. The molecule has 3 heterocycles. The van der Waals surface area contributed by atoms with E-state index in [2.05, 4.69) is 15.0 Å². The van der Waals surface area contributed by atoms with E-state index in [0.29, 0.717) is 36.5 Å². The first-order chi connectivity index (χ1) is 12.0. The Bertz CT molecular complexity index is 863. The van der Waals surface area contributed by atoms with Crippen LogP contribution < -0.4 is 5.56 Å². The Balaban J connectivity index is 1.85. The highest BCUT2D eigenvalue weighted by molar-refractivity contribution is 5.85. The van der Waals surface area contributed by atoms with Crippen LogP contribution in [0.2, 0.25) is 0 Å². The first-order valence-electron chi connectivity index (χ1n) is 8.00. The number of hydrogen-bond donors (Lipinski definition) is 2. The molecule has 0 aliphatic carbocycles. The third kappa shape index (κ3) is 3.42. The quantitative estimate of drug-likeness (QED) is 0.847. The van der Waals surface area contributed by atoms with Gasteiger partial charge in [0.2, 0.25) is 5.91 Å². The molecular formula is C17H18N4O4. The van der Waals surface area contributed by atoms with Crippen molar-refractivity contribution in [2.75, 3.05) is 6.54 Å². The van der Waals surface area contributed by atoms with Gasteiger partial charge >= 0.3 is 5.97 Å². The minimum atomic E-state index is -1.01. The standard InChI is InChI=1S/C17H18N4O4/c1-10-12(8-14(22)21-7-3-5-13(21)17(24)25)16(23)20-15(19-10)11-4-2-6-18-9-11/h2,4,6,9,13H,3,5,7-8H2,1H3,(H,24,25)(H,19,20,23)/t13-/m1/s1. The summed E-state index contributed by atoms with van der Waals surface area (Å²) < 4.78 is 0.